The molecule has 3 heteroatoms. The van der Waals surface area contributed by atoms with E-state index < -0.39 is 0 Å². The summed E-state index contributed by atoms with van der Waals surface area (Å²) < 4.78 is 0. The molecule has 1 N–H and O–H groups in total. The van der Waals surface area contributed by atoms with Gasteiger partial charge in [0.15, 0.2) is 0 Å². The minimum absolute atomic E-state index is 0.208. The molecule has 0 saturated carbocycles. The predicted molar refractivity (Wildman–Crippen MR) is 78.4 cm³/mol. The molecule has 0 aliphatic carbocycles. The van der Waals surface area contributed by atoms with E-state index in [9.17, 15) is 0 Å². The monoisotopic (exact) mass is 279 g/mol. The molecule has 2 aromatic rings. The summed E-state index contributed by atoms with van der Waals surface area (Å²) in [7, 11) is 1.95. The molecule has 0 amide bonds. The highest BCUT2D eigenvalue weighted by atomic mass is 35.5. The van der Waals surface area contributed by atoms with Crippen LogP contribution in [0.15, 0.2) is 48.5 Å². The van der Waals surface area contributed by atoms with Crippen LogP contribution in [0.2, 0.25) is 10.0 Å². The molecule has 2 aromatic carbocycles. The van der Waals surface area contributed by atoms with Crippen molar-refractivity contribution in [3.05, 3.63) is 69.7 Å². The topological polar surface area (TPSA) is 12.0 Å². The summed E-state index contributed by atoms with van der Waals surface area (Å²) in [5.41, 5.74) is 2.36. The first kappa shape index (κ1) is 13.4. The number of likely N-dealkylation sites (N-methyl/N-ethyl adjacent to an activating group) is 1. The van der Waals surface area contributed by atoms with Crippen molar-refractivity contribution in [2.45, 2.75) is 12.5 Å². The van der Waals surface area contributed by atoms with E-state index in [2.05, 4.69) is 11.4 Å². The van der Waals surface area contributed by atoms with Gasteiger partial charge in [0.1, 0.15) is 0 Å². The van der Waals surface area contributed by atoms with Crippen molar-refractivity contribution in [2.24, 2.45) is 0 Å². The summed E-state index contributed by atoms with van der Waals surface area (Å²) in [6.45, 7) is 0. The fraction of sp³-hybridized carbons (Fsp3) is 0.200. The molecule has 1 unspecified atom stereocenters. The quantitative estimate of drug-likeness (QED) is 0.869. The Balaban J connectivity index is 2.20. The Labute approximate surface area is 118 Å². The fourth-order valence-corrected chi connectivity index (χ4v) is 2.37. The van der Waals surface area contributed by atoms with Crippen LogP contribution in [0.5, 0.6) is 0 Å². The normalized spacial score (nSPS) is 12.4. The van der Waals surface area contributed by atoms with Crippen LogP contribution in [0.4, 0.5) is 0 Å². The van der Waals surface area contributed by atoms with Crippen LogP contribution >= 0.6 is 23.2 Å². The smallest absolute Gasteiger partial charge is 0.0453 e. The standard InChI is InChI=1S/C15H15Cl2N/c1-18-15(13-4-2-3-5-14(13)17)10-11-6-8-12(16)9-7-11/h2-9,15,18H,10H2,1H3. The van der Waals surface area contributed by atoms with Crippen LogP contribution in [0.3, 0.4) is 0 Å². The Kier molecular flexibility index (Phi) is 4.65. The summed E-state index contributed by atoms with van der Waals surface area (Å²) in [5, 5.41) is 4.86. The lowest BCUT2D eigenvalue weighted by molar-refractivity contribution is 0.592. The van der Waals surface area contributed by atoms with Gasteiger partial charge in [-0.25, -0.2) is 0 Å². The summed E-state index contributed by atoms with van der Waals surface area (Å²) in [4.78, 5) is 0. The largest absolute Gasteiger partial charge is 0.313 e. The molecule has 0 radical (unpaired) electrons. The van der Waals surface area contributed by atoms with E-state index in [0.29, 0.717) is 0 Å². The first-order chi connectivity index (χ1) is 8.70. The molecule has 0 fully saturated rings. The average molecular weight is 280 g/mol. The van der Waals surface area contributed by atoms with Crippen LogP contribution in [0.1, 0.15) is 17.2 Å². The number of benzene rings is 2. The van der Waals surface area contributed by atoms with Crippen molar-refractivity contribution in [1.82, 2.24) is 5.32 Å². The Hall–Kier alpha value is -1.02. The lowest BCUT2D eigenvalue weighted by Gasteiger charge is -2.18. The molecular weight excluding hydrogens is 265 g/mol. The summed E-state index contributed by atoms with van der Waals surface area (Å²) in [6.07, 6.45) is 0.886. The van der Waals surface area contributed by atoms with Crippen molar-refractivity contribution >= 4 is 23.2 Å². The second-order valence-corrected chi connectivity index (χ2v) is 5.04. The van der Waals surface area contributed by atoms with Crippen molar-refractivity contribution in [2.75, 3.05) is 7.05 Å². The van der Waals surface area contributed by atoms with Gasteiger partial charge in [-0.3, -0.25) is 0 Å². The van der Waals surface area contributed by atoms with Crippen LogP contribution < -0.4 is 5.32 Å². The SMILES string of the molecule is CNC(Cc1ccc(Cl)cc1)c1ccccc1Cl. The second-order valence-electron chi connectivity index (χ2n) is 4.19. The maximum absolute atomic E-state index is 6.23. The second kappa shape index (κ2) is 6.24. The highest BCUT2D eigenvalue weighted by Gasteiger charge is 2.12. The van der Waals surface area contributed by atoms with Gasteiger partial charge in [0.25, 0.3) is 0 Å². The minimum atomic E-state index is 0.208. The molecule has 1 atom stereocenters. The summed E-state index contributed by atoms with van der Waals surface area (Å²) in [5.74, 6) is 0. The zero-order chi connectivity index (χ0) is 13.0. The van der Waals surface area contributed by atoms with Crippen molar-refractivity contribution in [3.8, 4) is 0 Å². The fourth-order valence-electron chi connectivity index (χ4n) is 1.98. The number of halogens is 2. The molecule has 0 heterocycles. The Morgan fingerprint density at radius 3 is 2.28 bits per heavy atom. The van der Waals surface area contributed by atoms with Gasteiger partial charge in [-0.05, 0) is 42.8 Å². The van der Waals surface area contributed by atoms with E-state index in [4.69, 9.17) is 23.2 Å². The van der Waals surface area contributed by atoms with Gasteiger partial charge < -0.3 is 5.32 Å². The van der Waals surface area contributed by atoms with E-state index in [1.807, 2.05) is 49.5 Å². The molecule has 0 aliphatic heterocycles. The number of nitrogens with one attached hydrogen (secondary N) is 1. The van der Waals surface area contributed by atoms with Crippen molar-refractivity contribution in [3.63, 3.8) is 0 Å². The summed E-state index contributed by atoms with van der Waals surface area (Å²) in [6, 6.07) is 16.1. The Morgan fingerprint density at radius 2 is 1.67 bits per heavy atom. The van der Waals surface area contributed by atoms with Crippen molar-refractivity contribution in [1.29, 1.82) is 0 Å². The molecule has 0 aromatic heterocycles. The van der Waals surface area contributed by atoms with E-state index in [1.165, 1.54) is 5.56 Å². The third-order valence-corrected chi connectivity index (χ3v) is 3.58. The lowest BCUT2D eigenvalue weighted by atomic mass is 9.99. The minimum Gasteiger partial charge on any atom is -0.313 e. The van der Waals surface area contributed by atoms with Crippen LogP contribution in [0, 0.1) is 0 Å². The number of hydrogen-bond donors (Lipinski definition) is 1. The molecule has 0 spiro atoms. The zero-order valence-electron chi connectivity index (χ0n) is 10.2. The highest BCUT2D eigenvalue weighted by molar-refractivity contribution is 6.31. The van der Waals surface area contributed by atoms with E-state index in [0.717, 1.165) is 22.0 Å². The zero-order valence-corrected chi connectivity index (χ0v) is 11.7. The number of hydrogen-bond acceptors (Lipinski definition) is 1. The van der Waals surface area contributed by atoms with Gasteiger partial charge in [-0.15, -0.1) is 0 Å². The molecule has 1 nitrogen and oxygen atoms in total. The van der Waals surface area contributed by atoms with Gasteiger partial charge in [-0.2, -0.15) is 0 Å². The molecule has 18 heavy (non-hydrogen) atoms. The Bertz CT molecular complexity index is 508. The van der Waals surface area contributed by atoms with Crippen LogP contribution in [-0.2, 0) is 6.42 Å². The molecule has 0 aliphatic rings. The van der Waals surface area contributed by atoms with Gasteiger partial charge >= 0.3 is 0 Å². The van der Waals surface area contributed by atoms with Crippen LogP contribution in [0.25, 0.3) is 0 Å². The lowest BCUT2D eigenvalue weighted by Crippen LogP contribution is -2.19. The Morgan fingerprint density at radius 1 is 1.00 bits per heavy atom. The average Bonchev–Trinajstić information content (AvgIpc) is 2.39. The van der Waals surface area contributed by atoms with E-state index in [1.54, 1.807) is 0 Å². The molecule has 2 rings (SSSR count). The van der Waals surface area contributed by atoms with Gasteiger partial charge in [-0.1, -0.05) is 53.5 Å². The van der Waals surface area contributed by atoms with Gasteiger partial charge in [0, 0.05) is 16.1 Å². The molecular formula is C15H15Cl2N. The first-order valence-electron chi connectivity index (χ1n) is 5.87. The summed E-state index contributed by atoms with van der Waals surface area (Å²) >= 11 is 12.1. The predicted octanol–water partition coefficient (Wildman–Crippen LogP) is 4.50. The maximum atomic E-state index is 6.23. The maximum Gasteiger partial charge on any atom is 0.0453 e. The van der Waals surface area contributed by atoms with Gasteiger partial charge in [0.2, 0.25) is 0 Å². The highest BCUT2D eigenvalue weighted by Crippen LogP contribution is 2.25. The van der Waals surface area contributed by atoms with Gasteiger partial charge in [0.05, 0.1) is 0 Å². The molecule has 94 valence electrons. The van der Waals surface area contributed by atoms with Crippen molar-refractivity contribution < 1.29 is 0 Å². The third-order valence-electron chi connectivity index (χ3n) is 2.98. The number of rotatable bonds is 4. The van der Waals surface area contributed by atoms with Crippen LogP contribution in [-0.4, -0.2) is 7.05 Å². The first-order valence-corrected chi connectivity index (χ1v) is 6.62. The molecule has 0 saturated heterocycles. The van der Waals surface area contributed by atoms with E-state index in [-0.39, 0.29) is 6.04 Å². The third kappa shape index (κ3) is 3.26. The molecule has 0 bridgehead atoms. The van der Waals surface area contributed by atoms with E-state index >= 15 is 0 Å².